The van der Waals surface area contributed by atoms with Gasteiger partial charge in [-0.3, -0.25) is 4.99 Å². The first kappa shape index (κ1) is 20.3. The van der Waals surface area contributed by atoms with Crippen molar-refractivity contribution in [1.82, 2.24) is 10.6 Å². The molecule has 2 heterocycles. The fourth-order valence-electron chi connectivity index (χ4n) is 3.20. The van der Waals surface area contributed by atoms with Gasteiger partial charge in [0.1, 0.15) is 11.5 Å². The van der Waals surface area contributed by atoms with Gasteiger partial charge in [0.2, 0.25) is 0 Å². The maximum absolute atomic E-state index is 5.80. The second kappa shape index (κ2) is 11.4. The Morgan fingerprint density at radius 2 is 1.93 bits per heavy atom. The monoisotopic (exact) mass is 385 g/mol. The fourth-order valence-corrected chi connectivity index (χ4v) is 3.20. The normalized spacial score (nSPS) is 17.3. The summed E-state index contributed by atoms with van der Waals surface area (Å²) in [5, 5.41) is 6.84. The Bertz CT molecular complexity index is 692. The van der Waals surface area contributed by atoms with Crippen molar-refractivity contribution in [2.45, 2.75) is 38.2 Å². The molecule has 6 nitrogen and oxygen atoms in total. The van der Waals surface area contributed by atoms with Crippen LogP contribution in [-0.2, 0) is 17.6 Å². The molecule has 1 fully saturated rings. The molecule has 152 valence electrons. The van der Waals surface area contributed by atoms with Crippen molar-refractivity contribution in [3.63, 3.8) is 0 Å². The number of hydrogen-bond acceptors (Lipinski definition) is 4. The number of nitrogens with zero attached hydrogens (tertiary/aromatic N) is 1. The van der Waals surface area contributed by atoms with E-state index in [1.807, 2.05) is 24.3 Å². The van der Waals surface area contributed by atoms with Crippen molar-refractivity contribution in [2.75, 3.05) is 33.4 Å². The Balaban J connectivity index is 1.48. The van der Waals surface area contributed by atoms with Gasteiger partial charge in [-0.15, -0.1) is 0 Å². The van der Waals surface area contributed by atoms with Crippen molar-refractivity contribution >= 4 is 5.96 Å². The zero-order valence-corrected chi connectivity index (χ0v) is 16.7. The van der Waals surface area contributed by atoms with Crippen LogP contribution in [-0.4, -0.2) is 45.4 Å². The lowest BCUT2D eigenvalue weighted by molar-refractivity contribution is 0.0224. The van der Waals surface area contributed by atoms with Crippen LogP contribution >= 0.6 is 0 Å². The first-order chi connectivity index (χ1) is 13.8. The van der Waals surface area contributed by atoms with E-state index in [0.717, 1.165) is 62.8 Å². The third kappa shape index (κ3) is 6.93. The maximum Gasteiger partial charge on any atom is 0.191 e. The number of hydrogen-bond donors (Lipinski definition) is 2. The molecule has 3 rings (SSSR count). The topological polar surface area (TPSA) is 68.0 Å². The SMILES string of the molecule is COc1ccc(CCNC(=NCC2CCCCO2)NCCc2ccco2)cc1. The molecule has 2 aromatic rings. The third-order valence-electron chi connectivity index (χ3n) is 4.84. The molecule has 0 saturated carbocycles. The number of nitrogens with one attached hydrogen (secondary N) is 2. The molecular weight excluding hydrogens is 354 g/mol. The van der Waals surface area contributed by atoms with Crippen LogP contribution in [0.5, 0.6) is 5.75 Å². The summed E-state index contributed by atoms with van der Waals surface area (Å²) in [5.74, 6) is 2.68. The molecule has 1 aromatic heterocycles. The first-order valence-corrected chi connectivity index (χ1v) is 10.1. The van der Waals surface area contributed by atoms with Crippen LogP contribution in [0.2, 0.25) is 0 Å². The highest BCUT2D eigenvalue weighted by atomic mass is 16.5. The molecule has 0 spiro atoms. The molecule has 1 unspecified atom stereocenters. The number of furan rings is 1. The van der Waals surface area contributed by atoms with E-state index >= 15 is 0 Å². The van der Waals surface area contributed by atoms with Gasteiger partial charge >= 0.3 is 0 Å². The van der Waals surface area contributed by atoms with Gasteiger partial charge in [-0.1, -0.05) is 12.1 Å². The molecular formula is C22H31N3O3. The number of guanidine groups is 1. The average Bonchev–Trinajstić information content (AvgIpc) is 3.26. The minimum Gasteiger partial charge on any atom is -0.497 e. The minimum absolute atomic E-state index is 0.235. The molecule has 28 heavy (non-hydrogen) atoms. The van der Waals surface area contributed by atoms with E-state index in [9.17, 15) is 0 Å². The second-order valence-electron chi connectivity index (χ2n) is 6.96. The average molecular weight is 386 g/mol. The Kier molecular flexibility index (Phi) is 8.25. The smallest absolute Gasteiger partial charge is 0.191 e. The number of aliphatic imine (C=N–C) groups is 1. The van der Waals surface area contributed by atoms with Crippen LogP contribution < -0.4 is 15.4 Å². The highest BCUT2D eigenvalue weighted by molar-refractivity contribution is 5.79. The maximum atomic E-state index is 5.80. The lowest BCUT2D eigenvalue weighted by atomic mass is 10.1. The zero-order chi connectivity index (χ0) is 19.4. The van der Waals surface area contributed by atoms with Crippen LogP contribution in [0.15, 0.2) is 52.1 Å². The van der Waals surface area contributed by atoms with E-state index in [1.54, 1.807) is 13.4 Å². The van der Waals surface area contributed by atoms with Gasteiger partial charge in [0.25, 0.3) is 0 Å². The van der Waals surface area contributed by atoms with Gasteiger partial charge in [0.15, 0.2) is 5.96 Å². The summed E-state index contributed by atoms with van der Waals surface area (Å²) in [4.78, 5) is 4.74. The van der Waals surface area contributed by atoms with Crippen LogP contribution in [0.25, 0.3) is 0 Å². The van der Waals surface area contributed by atoms with Crippen LogP contribution in [0.4, 0.5) is 0 Å². The number of methoxy groups -OCH3 is 1. The highest BCUT2D eigenvalue weighted by Crippen LogP contribution is 2.13. The van der Waals surface area contributed by atoms with Gasteiger partial charge in [0.05, 0.1) is 26.0 Å². The summed E-state index contributed by atoms with van der Waals surface area (Å²) >= 11 is 0. The molecule has 1 aliphatic rings. The Labute approximate surface area is 167 Å². The standard InChI is InChI=1S/C22H31N3O3/c1-26-19-9-7-18(8-10-19)11-13-23-22(24-14-12-20-6-4-16-27-20)25-17-21-5-2-3-15-28-21/h4,6-10,16,21H,2-3,5,11-15,17H2,1H3,(H2,23,24,25). The van der Waals surface area contributed by atoms with E-state index in [0.29, 0.717) is 6.54 Å². The van der Waals surface area contributed by atoms with E-state index in [4.69, 9.17) is 18.9 Å². The van der Waals surface area contributed by atoms with Gasteiger partial charge < -0.3 is 24.5 Å². The molecule has 0 amide bonds. The van der Waals surface area contributed by atoms with Crippen molar-refractivity contribution in [3.05, 3.63) is 54.0 Å². The molecule has 2 N–H and O–H groups in total. The predicted octanol–water partition coefficient (Wildman–Crippen LogP) is 3.18. The zero-order valence-electron chi connectivity index (χ0n) is 16.7. The van der Waals surface area contributed by atoms with Crippen molar-refractivity contribution < 1.29 is 13.9 Å². The lowest BCUT2D eigenvalue weighted by Crippen LogP contribution is -2.40. The van der Waals surface area contributed by atoms with Crippen LogP contribution in [0.1, 0.15) is 30.6 Å². The summed E-state index contributed by atoms with van der Waals surface area (Å²) in [6.07, 6.45) is 7.17. The van der Waals surface area contributed by atoms with Gasteiger partial charge in [-0.25, -0.2) is 0 Å². The highest BCUT2D eigenvalue weighted by Gasteiger charge is 2.13. The third-order valence-corrected chi connectivity index (χ3v) is 4.84. The predicted molar refractivity (Wildman–Crippen MR) is 111 cm³/mol. The summed E-state index contributed by atoms with van der Waals surface area (Å²) < 4.78 is 16.4. The largest absolute Gasteiger partial charge is 0.497 e. The first-order valence-electron chi connectivity index (χ1n) is 10.1. The molecule has 0 bridgehead atoms. The summed E-state index contributed by atoms with van der Waals surface area (Å²) in [5.41, 5.74) is 1.26. The number of rotatable bonds is 9. The van der Waals surface area contributed by atoms with Gasteiger partial charge in [-0.2, -0.15) is 0 Å². The molecule has 0 radical (unpaired) electrons. The van der Waals surface area contributed by atoms with Crippen molar-refractivity contribution in [3.8, 4) is 5.75 Å². The number of benzene rings is 1. The van der Waals surface area contributed by atoms with E-state index in [-0.39, 0.29) is 6.10 Å². The molecule has 1 aliphatic heterocycles. The fraction of sp³-hybridized carbons (Fsp3) is 0.500. The van der Waals surface area contributed by atoms with Crippen LogP contribution in [0.3, 0.4) is 0 Å². The summed E-state index contributed by atoms with van der Waals surface area (Å²) in [7, 11) is 1.68. The lowest BCUT2D eigenvalue weighted by Gasteiger charge is -2.21. The molecule has 1 aromatic carbocycles. The Hall–Kier alpha value is -2.47. The van der Waals surface area contributed by atoms with Gasteiger partial charge in [0, 0.05) is 26.1 Å². The second-order valence-corrected chi connectivity index (χ2v) is 6.96. The Morgan fingerprint density at radius 3 is 2.61 bits per heavy atom. The summed E-state index contributed by atoms with van der Waals surface area (Å²) in [6, 6.07) is 12.1. The number of ether oxygens (including phenoxy) is 2. The van der Waals surface area contributed by atoms with E-state index < -0.39 is 0 Å². The molecule has 6 heteroatoms. The Morgan fingerprint density at radius 1 is 1.11 bits per heavy atom. The quantitative estimate of drug-likeness (QED) is 0.513. The van der Waals surface area contributed by atoms with Crippen molar-refractivity contribution in [2.24, 2.45) is 4.99 Å². The van der Waals surface area contributed by atoms with E-state index in [2.05, 4.69) is 22.8 Å². The molecule has 1 atom stereocenters. The summed E-state index contributed by atoms with van der Waals surface area (Å²) in [6.45, 7) is 3.13. The van der Waals surface area contributed by atoms with Crippen molar-refractivity contribution in [1.29, 1.82) is 0 Å². The van der Waals surface area contributed by atoms with Crippen LogP contribution in [0, 0.1) is 0 Å². The molecule has 1 saturated heterocycles. The minimum atomic E-state index is 0.235. The van der Waals surface area contributed by atoms with Gasteiger partial charge in [-0.05, 0) is 55.5 Å². The van der Waals surface area contributed by atoms with E-state index in [1.165, 1.54) is 12.0 Å². The molecule has 0 aliphatic carbocycles.